The van der Waals surface area contributed by atoms with E-state index in [9.17, 15) is 13.2 Å². The maximum absolute atomic E-state index is 12.4. The van der Waals surface area contributed by atoms with Gasteiger partial charge in [0.25, 0.3) is 5.56 Å². The summed E-state index contributed by atoms with van der Waals surface area (Å²) in [6.45, 7) is 4.44. The molecule has 22 heavy (non-hydrogen) atoms. The van der Waals surface area contributed by atoms with E-state index in [1.54, 1.807) is 32.0 Å². The number of H-pyrrole nitrogens is 1. The summed E-state index contributed by atoms with van der Waals surface area (Å²) >= 11 is 5.69. The third-order valence-electron chi connectivity index (χ3n) is 3.37. The van der Waals surface area contributed by atoms with E-state index in [-0.39, 0.29) is 15.5 Å². The number of halogens is 1. The molecule has 0 aliphatic heterocycles. The molecule has 1 N–H and O–H groups in total. The van der Waals surface area contributed by atoms with Crippen molar-refractivity contribution in [1.29, 1.82) is 0 Å². The second kappa shape index (κ2) is 6.64. The van der Waals surface area contributed by atoms with Crippen LogP contribution in [0.3, 0.4) is 0 Å². The van der Waals surface area contributed by atoms with E-state index in [0.717, 1.165) is 0 Å². The number of sulfonamides is 1. The molecule has 0 saturated heterocycles. The summed E-state index contributed by atoms with van der Waals surface area (Å²) in [5, 5.41) is 0.115. The average molecular weight is 341 g/mol. The van der Waals surface area contributed by atoms with Gasteiger partial charge in [0.05, 0.1) is 4.90 Å². The van der Waals surface area contributed by atoms with Gasteiger partial charge in [0.15, 0.2) is 0 Å². The molecule has 1 heterocycles. The average Bonchev–Trinajstić information content (AvgIpc) is 2.51. The van der Waals surface area contributed by atoms with Crippen LogP contribution >= 0.6 is 11.6 Å². The van der Waals surface area contributed by atoms with Crippen molar-refractivity contribution in [3.05, 3.63) is 51.8 Å². The Hall–Kier alpha value is -1.63. The Morgan fingerprint density at radius 3 is 2.14 bits per heavy atom. The lowest BCUT2D eigenvalue weighted by molar-refractivity contribution is 0.445. The molecule has 7 heteroatoms. The molecule has 0 spiro atoms. The number of hydrogen-bond acceptors (Lipinski definition) is 3. The topological polar surface area (TPSA) is 70.2 Å². The maximum atomic E-state index is 12.4. The van der Waals surface area contributed by atoms with Gasteiger partial charge in [0.1, 0.15) is 5.02 Å². The van der Waals surface area contributed by atoms with Gasteiger partial charge >= 0.3 is 0 Å². The minimum atomic E-state index is -3.47. The number of aromatic amines is 1. The molecule has 1 aromatic carbocycles. The lowest BCUT2D eigenvalue weighted by Gasteiger charge is -2.18. The summed E-state index contributed by atoms with van der Waals surface area (Å²) in [6.07, 6.45) is 0. The molecule has 0 aliphatic carbocycles. The standard InChI is InChI=1S/C15H17ClN2O3S/c1-3-18(4-2)22(20,21)12-7-5-11(6-8-12)14-10-9-13(16)15(19)17-14/h5-10H,3-4H2,1-2H3,(H,17,19). The van der Waals surface area contributed by atoms with Crippen molar-refractivity contribution in [3.8, 4) is 11.3 Å². The molecule has 5 nitrogen and oxygen atoms in total. The van der Waals surface area contributed by atoms with Crippen LogP contribution in [0.25, 0.3) is 11.3 Å². The van der Waals surface area contributed by atoms with Crippen LogP contribution in [-0.2, 0) is 10.0 Å². The summed E-state index contributed by atoms with van der Waals surface area (Å²) in [5.74, 6) is 0. The van der Waals surface area contributed by atoms with Crippen LogP contribution < -0.4 is 5.56 Å². The van der Waals surface area contributed by atoms with Crippen molar-refractivity contribution in [2.45, 2.75) is 18.7 Å². The minimum Gasteiger partial charge on any atom is -0.321 e. The molecule has 0 atom stereocenters. The first-order chi connectivity index (χ1) is 10.4. The maximum Gasteiger partial charge on any atom is 0.267 e. The fraction of sp³-hybridized carbons (Fsp3) is 0.267. The lowest BCUT2D eigenvalue weighted by Crippen LogP contribution is -2.30. The first-order valence-corrected chi connectivity index (χ1v) is 8.71. The molecule has 0 aliphatic rings. The first kappa shape index (κ1) is 16.7. The Bertz CT molecular complexity index is 809. The highest BCUT2D eigenvalue weighted by Crippen LogP contribution is 2.21. The van der Waals surface area contributed by atoms with Gasteiger partial charge in [0, 0.05) is 18.8 Å². The predicted molar refractivity (Wildman–Crippen MR) is 87.6 cm³/mol. The van der Waals surface area contributed by atoms with E-state index in [0.29, 0.717) is 24.3 Å². The molecule has 118 valence electrons. The van der Waals surface area contributed by atoms with Gasteiger partial charge in [-0.05, 0) is 29.8 Å². The third-order valence-corrected chi connectivity index (χ3v) is 5.73. The molecule has 0 amide bonds. The van der Waals surface area contributed by atoms with Crippen molar-refractivity contribution in [1.82, 2.24) is 9.29 Å². The van der Waals surface area contributed by atoms with Crippen molar-refractivity contribution < 1.29 is 8.42 Å². The Labute approximate surface area is 134 Å². The van der Waals surface area contributed by atoms with Crippen LogP contribution in [-0.4, -0.2) is 30.8 Å². The summed E-state index contributed by atoms with van der Waals surface area (Å²) in [5.41, 5.74) is 0.924. The van der Waals surface area contributed by atoms with E-state index in [4.69, 9.17) is 11.6 Å². The predicted octanol–water partition coefficient (Wildman–Crippen LogP) is 2.73. The number of benzene rings is 1. The molecule has 0 radical (unpaired) electrons. The zero-order valence-electron chi connectivity index (χ0n) is 12.3. The smallest absolute Gasteiger partial charge is 0.267 e. The molecule has 0 fully saturated rings. The van der Waals surface area contributed by atoms with Crippen LogP contribution in [0.4, 0.5) is 0 Å². The Morgan fingerprint density at radius 1 is 1.05 bits per heavy atom. The summed E-state index contributed by atoms with van der Waals surface area (Å²) in [6, 6.07) is 9.59. The Kier molecular flexibility index (Phi) is 5.05. The molecular formula is C15H17ClN2O3S. The van der Waals surface area contributed by atoms with Crippen molar-refractivity contribution in [2.75, 3.05) is 13.1 Å². The zero-order chi connectivity index (χ0) is 16.3. The van der Waals surface area contributed by atoms with Crippen LogP contribution in [0.1, 0.15) is 13.8 Å². The number of pyridine rings is 1. The lowest BCUT2D eigenvalue weighted by atomic mass is 10.1. The van der Waals surface area contributed by atoms with Gasteiger partial charge in [-0.3, -0.25) is 4.79 Å². The quantitative estimate of drug-likeness (QED) is 0.909. The van der Waals surface area contributed by atoms with E-state index >= 15 is 0 Å². The molecule has 2 rings (SSSR count). The van der Waals surface area contributed by atoms with Crippen LogP contribution in [0.15, 0.2) is 46.1 Å². The van der Waals surface area contributed by atoms with Gasteiger partial charge in [-0.25, -0.2) is 8.42 Å². The second-order valence-electron chi connectivity index (χ2n) is 4.66. The van der Waals surface area contributed by atoms with Gasteiger partial charge in [0.2, 0.25) is 10.0 Å². The number of nitrogens with one attached hydrogen (secondary N) is 1. The highest BCUT2D eigenvalue weighted by atomic mass is 35.5. The van der Waals surface area contributed by atoms with Gasteiger partial charge < -0.3 is 4.98 Å². The molecule has 0 saturated carbocycles. The molecular weight excluding hydrogens is 324 g/mol. The monoisotopic (exact) mass is 340 g/mol. The molecule has 0 unspecified atom stereocenters. The van der Waals surface area contributed by atoms with Crippen molar-refractivity contribution >= 4 is 21.6 Å². The van der Waals surface area contributed by atoms with Gasteiger partial charge in [-0.1, -0.05) is 37.6 Å². The van der Waals surface area contributed by atoms with E-state index in [1.807, 2.05) is 0 Å². The van der Waals surface area contributed by atoms with E-state index in [1.165, 1.54) is 22.5 Å². The normalized spacial score (nSPS) is 11.8. The van der Waals surface area contributed by atoms with Crippen LogP contribution in [0.5, 0.6) is 0 Å². The van der Waals surface area contributed by atoms with Crippen molar-refractivity contribution in [3.63, 3.8) is 0 Å². The molecule has 1 aromatic heterocycles. The molecule has 0 bridgehead atoms. The summed E-state index contributed by atoms with van der Waals surface area (Å²) in [4.78, 5) is 14.4. The highest BCUT2D eigenvalue weighted by Gasteiger charge is 2.21. The summed E-state index contributed by atoms with van der Waals surface area (Å²) < 4.78 is 26.2. The van der Waals surface area contributed by atoms with E-state index in [2.05, 4.69) is 4.98 Å². The van der Waals surface area contributed by atoms with Crippen LogP contribution in [0, 0.1) is 0 Å². The summed E-state index contributed by atoms with van der Waals surface area (Å²) in [7, 11) is -3.47. The fourth-order valence-electron chi connectivity index (χ4n) is 2.14. The van der Waals surface area contributed by atoms with E-state index < -0.39 is 10.0 Å². The van der Waals surface area contributed by atoms with Gasteiger partial charge in [-0.2, -0.15) is 4.31 Å². The largest absolute Gasteiger partial charge is 0.321 e. The van der Waals surface area contributed by atoms with Crippen LogP contribution in [0.2, 0.25) is 5.02 Å². The number of rotatable bonds is 5. The second-order valence-corrected chi connectivity index (χ2v) is 7.01. The van der Waals surface area contributed by atoms with Crippen molar-refractivity contribution in [2.24, 2.45) is 0 Å². The minimum absolute atomic E-state index is 0.115. The highest BCUT2D eigenvalue weighted by molar-refractivity contribution is 7.89. The third kappa shape index (κ3) is 3.24. The number of nitrogens with zero attached hydrogens (tertiary/aromatic N) is 1. The fourth-order valence-corrected chi connectivity index (χ4v) is 3.71. The van der Waals surface area contributed by atoms with Gasteiger partial charge in [-0.15, -0.1) is 0 Å². The first-order valence-electron chi connectivity index (χ1n) is 6.89. The molecule has 2 aromatic rings. The SMILES string of the molecule is CCN(CC)S(=O)(=O)c1ccc(-c2ccc(Cl)c(=O)[nH]2)cc1. The zero-order valence-corrected chi connectivity index (χ0v) is 13.9. The number of hydrogen-bond donors (Lipinski definition) is 1. The number of aromatic nitrogens is 1. The Balaban J connectivity index is 2.38. The Morgan fingerprint density at radius 2 is 1.64 bits per heavy atom.